The number of unbranched alkanes of at least 4 members (excludes halogenated alkanes) is 5. The van der Waals surface area contributed by atoms with Gasteiger partial charge in [-0.2, -0.15) is 0 Å². The van der Waals surface area contributed by atoms with Gasteiger partial charge >= 0.3 is 0 Å². The lowest BCUT2D eigenvalue weighted by atomic mass is 9.51. The third kappa shape index (κ3) is 7.31. The normalized spacial score (nSPS) is 27.8. The topological polar surface area (TPSA) is 70.0 Å². The number of aromatic hydroxyl groups is 1. The Bertz CT molecular complexity index is 1190. The molecule has 5 heteroatoms. The molecule has 1 amide bonds. The summed E-state index contributed by atoms with van der Waals surface area (Å²) in [6.07, 6.45) is 14.1. The van der Waals surface area contributed by atoms with Crippen molar-refractivity contribution in [2.45, 2.75) is 115 Å². The van der Waals surface area contributed by atoms with Crippen LogP contribution in [0, 0.1) is 17.3 Å². The van der Waals surface area contributed by atoms with Crippen LogP contribution in [-0.2, 0) is 22.4 Å². The minimum Gasteiger partial charge on any atom is -0.508 e. The number of benzene rings is 2. The molecular weight excluding hydrogens is 534 g/mol. The zero-order valence-electron chi connectivity index (χ0n) is 26.9. The summed E-state index contributed by atoms with van der Waals surface area (Å²) < 4.78 is 5.61. The van der Waals surface area contributed by atoms with Crippen molar-refractivity contribution in [2.24, 2.45) is 17.3 Å². The Kier molecular flexibility index (Phi) is 10.9. The van der Waals surface area contributed by atoms with Crippen LogP contribution < -0.4 is 0 Å². The maximum absolute atomic E-state index is 12.0. The van der Waals surface area contributed by atoms with Gasteiger partial charge in [-0.05, 0) is 121 Å². The second-order valence-corrected chi connectivity index (χ2v) is 14.1. The van der Waals surface area contributed by atoms with Crippen LogP contribution in [0.15, 0.2) is 42.5 Å². The SMILES string of the molecule is CCCCN(C)C(=O)COCCCCCCCc1ccc([C@H]2C[C@]3(C)[C@@H](O)CC[C@H]3[C@@H]3CCc4cc(O)ccc4[C@H]32)cc1. The van der Waals surface area contributed by atoms with E-state index in [4.69, 9.17) is 4.74 Å². The van der Waals surface area contributed by atoms with Gasteiger partial charge in [0.25, 0.3) is 0 Å². The van der Waals surface area contributed by atoms with E-state index >= 15 is 0 Å². The molecular formula is C38H55NO4. The fourth-order valence-corrected chi connectivity index (χ4v) is 8.78. The molecule has 0 heterocycles. The molecule has 0 saturated heterocycles. The molecule has 2 N–H and O–H groups in total. The number of hydrogen-bond donors (Lipinski definition) is 2. The molecule has 0 spiro atoms. The molecule has 2 saturated carbocycles. The number of rotatable bonds is 14. The Morgan fingerprint density at radius 3 is 2.56 bits per heavy atom. The van der Waals surface area contributed by atoms with E-state index in [1.807, 2.05) is 19.2 Å². The Morgan fingerprint density at radius 1 is 1.00 bits per heavy atom. The number of aryl methyl sites for hydroxylation is 2. The maximum atomic E-state index is 12.0. The standard InChI is InChI=1S/C38H55NO4/c1-4-5-22-39(3)36(42)26-43-23-10-8-6-7-9-11-27-12-14-28(15-13-27)33-25-38(2)34(20-21-35(38)41)32-18-16-29-24-30(40)17-19-31(29)37(32)33/h12-15,17,19,24,32-35,37,40-41H,4-11,16,18,20-23,25-26H2,1-3H3/t32-,33+,34-,35-,37+,38-/m0/s1. The first-order chi connectivity index (χ1) is 20.8. The van der Waals surface area contributed by atoms with Gasteiger partial charge in [0.15, 0.2) is 0 Å². The zero-order chi connectivity index (χ0) is 30.4. The van der Waals surface area contributed by atoms with Gasteiger partial charge in [0, 0.05) is 20.2 Å². The number of nitrogens with zero attached hydrogens (tertiary/aromatic N) is 1. The highest BCUT2D eigenvalue weighted by atomic mass is 16.5. The lowest BCUT2D eigenvalue weighted by Gasteiger charge is -2.54. The van der Waals surface area contributed by atoms with E-state index < -0.39 is 0 Å². The van der Waals surface area contributed by atoms with Crippen molar-refractivity contribution in [2.75, 3.05) is 26.8 Å². The Hall–Kier alpha value is -2.37. The van der Waals surface area contributed by atoms with E-state index in [0.29, 0.717) is 36.0 Å². The molecule has 0 bridgehead atoms. The first kappa shape index (κ1) is 32.0. The number of phenols is 1. The highest BCUT2D eigenvalue weighted by Gasteiger charge is 2.57. The molecule has 5 nitrogen and oxygen atoms in total. The summed E-state index contributed by atoms with van der Waals surface area (Å²) in [6, 6.07) is 15.5. The summed E-state index contributed by atoms with van der Waals surface area (Å²) >= 11 is 0. The summed E-state index contributed by atoms with van der Waals surface area (Å²) in [5.74, 6) is 2.49. The number of ether oxygens (including phenoxy) is 1. The van der Waals surface area contributed by atoms with Crippen molar-refractivity contribution in [3.8, 4) is 5.75 Å². The Morgan fingerprint density at radius 2 is 1.77 bits per heavy atom. The lowest BCUT2D eigenvalue weighted by molar-refractivity contribution is -0.134. The monoisotopic (exact) mass is 589 g/mol. The molecule has 3 aliphatic rings. The van der Waals surface area contributed by atoms with Crippen molar-refractivity contribution in [3.63, 3.8) is 0 Å². The van der Waals surface area contributed by atoms with Gasteiger partial charge < -0.3 is 19.8 Å². The minimum absolute atomic E-state index is 0.00944. The largest absolute Gasteiger partial charge is 0.508 e. The van der Waals surface area contributed by atoms with Crippen LogP contribution in [0.4, 0.5) is 0 Å². The van der Waals surface area contributed by atoms with E-state index in [0.717, 1.165) is 70.8 Å². The van der Waals surface area contributed by atoms with Gasteiger partial charge in [0.2, 0.25) is 5.91 Å². The predicted molar refractivity (Wildman–Crippen MR) is 173 cm³/mol. The second-order valence-electron chi connectivity index (χ2n) is 14.1. The first-order valence-corrected chi connectivity index (χ1v) is 17.2. The van der Waals surface area contributed by atoms with Gasteiger partial charge in [0.05, 0.1) is 6.10 Å². The number of aliphatic hydroxyl groups is 1. The van der Waals surface area contributed by atoms with Gasteiger partial charge in [0.1, 0.15) is 12.4 Å². The van der Waals surface area contributed by atoms with Crippen LogP contribution in [-0.4, -0.2) is 53.9 Å². The molecule has 236 valence electrons. The zero-order valence-corrected chi connectivity index (χ0v) is 26.9. The van der Waals surface area contributed by atoms with Crippen molar-refractivity contribution >= 4 is 5.91 Å². The molecule has 0 aromatic heterocycles. The maximum Gasteiger partial charge on any atom is 0.248 e. The van der Waals surface area contributed by atoms with Gasteiger partial charge in [-0.25, -0.2) is 0 Å². The molecule has 3 aliphatic carbocycles. The van der Waals surface area contributed by atoms with E-state index in [2.05, 4.69) is 44.2 Å². The highest BCUT2D eigenvalue weighted by Crippen LogP contribution is 2.65. The fourth-order valence-electron chi connectivity index (χ4n) is 8.78. The van der Waals surface area contributed by atoms with Crippen LogP contribution in [0.2, 0.25) is 0 Å². The molecule has 6 atom stereocenters. The third-order valence-electron chi connectivity index (χ3n) is 11.3. The van der Waals surface area contributed by atoms with Crippen molar-refractivity contribution in [1.29, 1.82) is 0 Å². The smallest absolute Gasteiger partial charge is 0.248 e. The van der Waals surface area contributed by atoms with Gasteiger partial charge in [-0.1, -0.05) is 69.9 Å². The molecule has 0 unspecified atom stereocenters. The number of carbonyl (C=O) groups is 1. The van der Waals surface area contributed by atoms with Crippen LogP contribution >= 0.6 is 0 Å². The van der Waals surface area contributed by atoms with Gasteiger partial charge in [-0.15, -0.1) is 0 Å². The quantitative estimate of drug-likeness (QED) is 0.221. The molecule has 0 aliphatic heterocycles. The van der Waals surface area contributed by atoms with E-state index in [9.17, 15) is 15.0 Å². The van der Waals surface area contributed by atoms with E-state index in [1.165, 1.54) is 41.5 Å². The van der Waals surface area contributed by atoms with Crippen LogP contribution in [0.25, 0.3) is 0 Å². The average Bonchev–Trinajstić information content (AvgIpc) is 3.32. The minimum atomic E-state index is -0.201. The Balaban J connectivity index is 1.10. The first-order valence-electron chi connectivity index (χ1n) is 17.2. The molecule has 2 aromatic rings. The second kappa shape index (κ2) is 14.6. The summed E-state index contributed by atoms with van der Waals surface area (Å²) in [7, 11) is 1.86. The highest BCUT2D eigenvalue weighted by molar-refractivity contribution is 5.77. The summed E-state index contributed by atoms with van der Waals surface area (Å²) in [6.45, 7) is 6.18. The number of hydrogen-bond acceptors (Lipinski definition) is 4. The van der Waals surface area contributed by atoms with E-state index in [-0.39, 0.29) is 24.0 Å². The summed E-state index contributed by atoms with van der Waals surface area (Å²) in [4.78, 5) is 13.8. The number of aliphatic hydroxyl groups excluding tert-OH is 1. The van der Waals surface area contributed by atoms with E-state index in [1.54, 1.807) is 4.90 Å². The average molecular weight is 590 g/mol. The van der Waals surface area contributed by atoms with Crippen LogP contribution in [0.1, 0.15) is 119 Å². The number of carbonyl (C=O) groups excluding carboxylic acids is 1. The number of likely N-dealkylation sites (N-methyl/N-ethyl adjacent to an activating group) is 1. The van der Waals surface area contributed by atoms with Crippen molar-refractivity contribution in [1.82, 2.24) is 4.90 Å². The number of phenolic OH excluding ortho intramolecular Hbond substituents is 1. The number of fused-ring (bicyclic) bond motifs is 5. The van der Waals surface area contributed by atoms with Crippen LogP contribution in [0.3, 0.4) is 0 Å². The number of amides is 1. The van der Waals surface area contributed by atoms with Crippen molar-refractivity contribution < 1.29 is 19.7 Å². The molecule has 43 heavy (non-hydrogen) atoms. The molecule has 5 rings (SSSR count). The molecule has 0 radical (unpaired) electrons. The third-order valence-corrected chi connectivity index (χ3v) is 11.3. The van der Waals surface area contributed by atoms with Crippen LogP contribution in [0.5, 0.6) is 5.75 Å². The van der Waals surface area contributed by atoms with Gasteiger partial charge in [-0.3, -0.25) is 4.79 Å². The molecule has 2 fully saturated rings. The lowest BCUT2D eigenvalue weighted by Crippen LogP contribution is -2.47. The predicted octanol–water partition coefficient (Wildman–Crippen LogP) is 7.77. The summed E-state index contributed by atoms with van der Waals surface area (Å²) in [5.41, 5.74) is 5.56. The Labute approximate surface area is 260 Å². The van der Waals surface area contributed by atoms with Crippen molar-refractivity contribution in [3.05, 3.63) is 64.7 Å². The summed E-state index contributed by atoms with van der Waals surface area (Å²) in [5, 5.41) is 21.3. The fraction of sp³-hybridized carbons (Fsp3) is 0.658. The molecule has 2 aromatic carbocycles.